The Hall–Kier alpha value is -5.64. The third kappa shape index (κ3) is 5.13. The van der Waals surface area contributed by atoms with Gasteiger partial charge in [0.2, 0.25) is 0 Å². The number of aromatic hydroxyl groups is 2. The van der Waals surface area contributed by atoms with Crippen molar-refractivity contribution in [3.8, 4) is 44.9 Å². The molecule has 0 spiro atoms. The fourth-order valence-electron chi connectivity index (χ4n) is 4.92. The van der Waals surface area contributed by atoms with E-state index < -0.39 is 23.9 Å². The minimum Gasteiger partial charge on any atom is -0.507 e. The molecule has 10 heteroatoms. The number of carboxylic acid groups (broad SMARTS) is 4. The van der Waals surface area contributed by atoms with E-state index in [0.29, 0.717) is 22.3 Å². The number of hydrogen-bond donors (Lipinski definition) is 6. The first-order valence-corrected chi connectivity index (χ1v) is 12.5. The molecule has 0 aliphatic carbocycles. The molecule has 0 aromatic heterocycles. The summed E-state index contributed by atoms with van der Waals surface area (Å²) in [6.07, 6.45) is 0. The van der Waals surface area contributed by atoms with Crippen LogP contribution in [-0.4, -0.2) is 54.5 Å². The SMILES string of the molecule is Cc1cc(-c2cc(C(=O)O)cc(C(=O)O)c2)c(O)c(-c2c(C)c(C)cc(-c3cc(C(=O)O)cc(C(=O)O)c3)c2O)c1C. The van der Waals surface area contributed by atoms with Crippen molar-refractivity contribution in [1.29, 1.82) is 0 Å². The second-order valence-electron chi connectivity index (χ2n) is 10.00. The lowest BCUT2D eigenvalue weighted by Crippen LogP contribution is -2.04. The first-order valence-electron chi connectivity index (χ1n) is 12.5. The normalized spacial score (nSPS) is 10.9. The van der Waals surface area contributed by atoms with E-state index in [1.165, 1.54) is 24.3 Å². The average molecular weight is 571 g/mol. The smallest absolute Gasteiger partial charge is 0.335 e. The van der Waals surface area contributed by atoms with Crippen LogP contribution in [0.4, 0.5) is 0 Å². The molecule has 0 fully saturated rings. The van der Waals surface area contributed by atoms with Crippen LogP contribution >= 0.6 is 0 Å². The van der Waals surface area contributed by atoms with E-state index in [-0.39, 0.29) is 67.1 Å². The lowest BCUT2D eigenvalue weighted by atomic mass is 9.84. The Labute approximate surface area is 239 Å². The molecule has 10 nitrogen and oxygen atoms in total. The number of carbonyl (C=O) groups is 4. The maximum Gasteiger partial charge on any atom is 0.335 e. The Morgan fingerprint density at radius 3 is 0.952 bits per heavy atom. The number of aromatic carboxylic acids is 4. The van der Waals surface area contributed by atoms with Gasteiger partial charge in [0.25, 0.3) is 0 Å². The van der Waals surface area contributed by atoms with Gasteiger partial charge >= 0.3 is 23.9 Å². The van der Waals surface area contributed by atoms with E-state index in [1.807, 2.05) is 0 Å². The fourth-order valence-corrected chi connectivity index (χ4v) is 4.92. The molecule has 0 aliphatic heterocycles. The molecule has 0 bridgehead atoms. The third-order valence-corrected chi connectivity index (χ3v) is 7.36. The Kier molecular flexibility index (Phi) is 7.50. The summed E-state index contributed by atoms with van der Waals surface area (Å²) in [7, 11) is 0. The highest BCUT2D eigenvalue weighted by molar-refractivity contribution is 6.00. The molecule has 42 heavy (non-hydrogen) atoms. The summed E-state index contributed by atoms with van der Waals surface area (Å²) in [5.41, 5.74) is 2.09. The standard InChI is InChI=1S/C32H26O10/c1-13-5-23(17-7-19(29(35)36)11-20(8-17)30(37)38)27(33)25(15(13)3)26-16(4)14(2)6-24(28(26)34)18-9-21(31(39)40)12-22(10-18)32(41)42/h5-12,33-34H,1-4H3,(H,35,36)(H,37,38)(H,39,40)(H,41,42). The second kappa shape index (κ2) is 10.7. The van der Waals surface area contributed by atoms with Crippen molar-refractivity contribution >= 4 is 23.9 Å². The maximum atomic E-state index is 11.7. The van der Waals surface area contributed by atoms with Crippen molar-refractivity contribution in [2.75, 3.05) is 0 Å². The number of phenols is 2. The lowest BCUT2D eigenvalue weighted by molar-refractivity contribution is 0.0676. The first-order chi connectivity index (χ1) is 19.6. The highest BCUT2D eigenvalue weighted by Gasteiger charge is 2.25. The van der Waals surface area contributed by atoms with E-state index in [9.17, 15) is 49.8 Å². The van der Waals surface area contributed by atoms with Crippen molar-refractivity contribution in [2.45, 2.75) is 27.7 Å². The zero-order valence-electron chi connectivity index (χ0n) is 22.9. The van der Waals surface area contributed by atoms with Crippen LogP contribution in [0.5, 0.6) is 11.5 Å². The molecule has 4 aromatic carbocycles. The Bertz CT molecular complexity index is 1650. The van der Waals surface area contributed by atoms with Crippen molar-refractivity contribution in [3.63, 3.8) is 0 Å². The van der Waals surface area contributed by atoms with Crippen molar-refractivity contribution in [3.05, 3.63) is 93.0 Å². The van der Waals surface area contributed by atoms with Gasteiger partial charge in [-0.1, -0.05) is 0 Å². The van der Waals surface area contributed by atoms with Crippen molar-refractivity contribution in [1.82, 2.24) is 0 Å². The van der Waals surface area contributed by atoms with Gasteiger partial charge in [-0.15, -0.1) is 0 Å². The van der Waals surface area contributed by atoms with Crippen molar-refractivity contribution < 1.29 is 49.8 Å². The largest absolute Gasteiger partial charge is 0.507 e. The molecule has 0 heterocycles. The summed E-state index contributed by atoms with van der Waals surface area (Å²) in [4.78, 5) is 46.9. The van der Waals surface area contributed by atoms with Gasteiger partial charge in [0.05, 0.1) is 22.3 Å². The van der Waals surface area contributed by atoms with Crippen LogP contribution in [0.1, 0.15) is 63.7 Å². The van der Waals surface area contributed by atoms with Gasteiger partial charge in [0.15, 0.2) is 0 Å². The lowest BCUT2D eigenvalue weighted by Gasteiger charge is -2.22. The Morgan fingerprint density at radius 1 is 0.452 bits per heavy atom. The van der Waals surface area contributed by atoms with Gasteiger partial charge in [-0.05, 0) is 110 Å². The van der Waals surface area contributed by atoms with Gasteiger partial charge in [-0.2, -0.15) is 0 Å². The molecule has 6 N–H and O–H groups in total. The van der Waals surface area contributed by atoms with Crippen LogP contribution < -0.4 is 0 Å². The number of hydrogen-bond acceptors (Lipinski definition) is 6. The van der Waals surface area contributed by atoms with Crippen molar-refractivity contribution in [2.24, 2.45) is 0 Å². The summed E-state index contributed by atoms with van der Waals surface area (Å²) >= 11 is 0. The van der Waals surface area contributed by atoms with E-state index in [2.05, 4.69) is 0 Å². The molecular formula is C32H26O10. The third-order valence-electron chi connectivity index (χ3n) is 7.36. The second-order valence-corrected chi connectivity index (χ2v) is 10.00. The summed E-state index contributed by atoms with van der Waals surface area (Å²) in [5.74, 6) is -6.13. The average Bonchev–Trinajstić information content (AvgIpc) is 2.93. The number of rotatable bonds is 7. The maximum absolute atomic E-state index is 11.7. The molecular weight excluding hydrogens is 544 g/mol. The van der Waals surface area contributed by atoms with E-state index in [1.54, 1.807) is 39.8 Å². The van der Waals surface area contributed by atoms with E-state index >= 15 is 0 Å². The molecule has 0 amide bonds. The van der Waals surface area contributed by atoms with Gasteiger partial charge in [0.1, 0.15) is 11.5 Å². The van der Waals surface area contributed by atoms with Gasteiger partial charge in [-0.3, -0.25) is 0 Å². The van der Waals surface area contributed by atoms with Crippen LogP contribution in [0.2, 0.25) is 0 Å². The minimum absolute atomic E-state index is 0.124. The van der Waals surface area contributed by atoms with Crippen LogP contribution in [0, 0.1) is 27.7 Å². The summed E-state index contributed by atoms with van der Waals surface area (Å²) in [6, 6.07) is 10.1. The first kappa shape index (κ1) is 29.3. The summed E-state index contributed by atoms with van der Waals surface area (Å²) < 4.78 is 0. The zero-order chi connectivity index (χ0) is 31.2. The molecule has 0 aliphatic rings. The number of carboxylic acids is 4. The number of benzene rings is 4. The zero-order valence-corrected chi connectivity index (χ0v) is 22.9. The predicted octanol–water partition coefficient (Wildman–Crippen LogP) is 6.13. The highest BCUT2D eigenvalue weighted by atomic mass is 16.4. The molecule has 0 saturated carbocycles. The number of phenolic OH excluding ortho intramolecular Hbond substituents is 2. The fraction of sp³-hybridized carbons (Fsp3) is 0.125. The van der Waals surface area contributed by atoms with Gasteiger partial charge < -0.3 is 30.6 Å². The van der Waals surface area contributed by atoms with E-state index in [4.69, 9.17) is 0 Å². The predicted molar refractivity (Wildman–Crippen MR) is 153 cm³/mol. The molecule has 0 saturated heterocycles. The Balaban J connectivity index is 2.08. The monoisotopic (exact) mass is 570 g/mol. The van der Waals surface area contributed by atoms with Crippen LogP contribution in [0.25, 0.3) is 33.4 Å². The molecule has 0 atom stereocenters. The molecule has 0 unspecified atom stereocenters. The molecule has 214 valence electrons. The minimum atomic E-state index is -1.36. The highest BCUT2D eigenvalue weighted by Crippen LogP contribution is 2.49. The van der Waals surface area contributed by atoms with Gasteiger partial charge in [0, 0.05) is 22.3 Å². The topological polar surface area (TPSA) is 190 Å². The molecule has 4 rings (SSSR count). The Morgan fingerprint density at radius 2 is 0.714 bits per heavy atom. The summed E-state index contributed by atoms with van der Waals surface area (Å²) in [6.45, 7) is 6.89. The molecule has 0 radical (unpaired) electrons. The quantitative estimate of drug-likeness (QED) is 0.151. The molecule has 4 aromatic rings. The van der Waals surface area contributed by atoms with Crippen LogP contribution in [0.15, 0.2) is 48.5 Å². The van der Waals surface area contributed by atoms with Gasteiger partial charge in [-0.25, -0.2) is 19.2 Å². The van der Waals surface area contributed by atoms with Crippen LogP contribution in [0.3, 0.4) is 0 Å². The van der Waals surface area contributed by atoms with Crippen LogP contribution in [-0.2, 0) is 0 Å². The van der Waals surface area contributed by atoms with E-state index in [0.717, 1.165) is 12.1 Å². The number of aryl methyl sites for hydroxylation is 2. The summed E-state index contributed by atoms with van der Waals surface area (Å²) in [5, 5.41) is 61.5.